The molecule has 1 saturated heterocycles. The third-order valence-corrected chi connectivity index (χ3v) is 4.71. The Labute approximate surface area is 135 Å². The fraction of sp³-hybridized carbons (Fsp3) is 0.579. The summed E-state index contributed by atoms with van der Waals surface area (Å²) in [6.45, 7) is 8.90. The second kappa shape index (κ2) is 7.40. The van der Waals surface area contributed by atoms with Gasteiger partial charge in [-0.3, -0.25) is 0 Å². The quantitative estimate of drug-likeness (QED) is 0.448. The molecule has 0 aromatic heterocycles. The number of hydrogen-bond acceptors (Lipinski definition) is 2. The summed E-state index contributed by atoms with van der Waals surface area (Å²) in [5, 5.41) is 12.9. The van der Waals surface area contributed by atoms with Gasteiger partial charge in [-0.1, -0.05) is 48.9 Å². The molecule has 3 atom stereocenters. The fourth-order valence-corrected chi connectivity index (χ4v) is 3.50. The fourth-order valence-electron chi connectivity index (χ4n) is 3.50. The van der Waals surface area contributed by atoms with Gasteiger partial charge < -0.3 is 9.85 Å². The van der Waals surface area contributed by atoms with Gasteiger partial charge in [-0.05, 0) is 32.3 Å². The molecule has 3 nitrogen and oxygen atoms in total. The van der Waals surface area contributed by atoms with Crippen molar-refractivity contribution in [1.29, 1.82) is 0 Å². The molecule has 0 amide bonds. The lowest BCUT2D eigenvalue weighted by Crippen LogP contribution is -2.46. The summed E-state index contributed by atoms with van der Waals surface area (Å²) in [4.78, 5) is 2.31. The molecule has 3 heteroatoms. The van der Waals surface area contributed by atoms with Gasteiger partial charge in [0.15, 0.2) is 0 Å². The number of allylic oxidation sites excluding steroid dienone is 2. The van der Waals surface area contributed by atoms with Crippen LogP contribution in [0, 0.1) is 11.1 Å². The lowest BCUT2D eigenvalue weighted by atomic mass is 9.95. The Bertz CT molecular complexity index is 491. The van der Waals surface area contributed by atoms with E-state index in [1.807, 2.05) is 13.1 Å². The largest absolute Gasteiger partial charge is 0.632 e. The predicted octanol–water partition coefficient (Wildman–Crippen LogP) is 4.16. The number of benzene rings is 1. The molecule has 0 radical (unpaired) electrons. The van der Waals surface area contributed by atoms with Crippen LogP contribution in [0.4, 0.5) is 0 Å². The van der Waals surface area contributed by atoms with Crippen molar-refractivity contribution in [3.63, 3.8) is 0 Å². The molecule has 0 spiro atoms. The first-order valence-electron chi connectivity index (χ1n) is 8.34. The van der Waals surface area contributed by atoms with Crippen LogP contribution in [-0.4, -0.2) is 35.8 Å². The minimum atomic E-state index is -0.122. The van der Waals surface area contributed by atoms with Crippen LogP contribution in [0.2, 0.25) is 0 Å². The minimum absolute atomic E-state index is 0.122. The Morgan fingerprint density at radius 1 is 1.36 bits per heavy atom. The van der Waals surface area contributed by atoms with Gasteiger partial charge in [0.2, 0.25) is 0 Å². The average Bonchev–Trinajstić information content (AvgIpc) is 2.74. The summed E-state index contributed by atoms with van der Waals surface area (Å²) in [6, 6.07) is 10.6. The maximum Gasteiger partial charge on any atom is 0.135 e. The summed E-state index contributed by atoms with van der Waals surface area (Å²) in [5.74, 6) is 0.457. The number of hydrogen-bond donors (Lipinski definition) is 0. The number of hydroxylamine groups is 3. The van der Waals surface area contributed by atoms with Gasteiger partial charge in [0.1, 0.15) is 12.7 Å². The maximum atomic E-state index is 12.9. The van der Waals surface area contributed by atoms with Crippen LogP contribution in [0.1, 0.15) is 39.2 Å². The zero-order valence-corrected chi connectivity index (χ0v) is 14.5. The van der Waals surface area contributed by atoms with E-state index in [-0.39, 0.29) is 10.7 Å². The van der Waals surface area contributed by atoms with Crippen molar-refractivity contribution in [3.8, 4) is 0 Å². The third-order valence-electron chi connectivity index (χ3n) is 4.71. The summed E-state index contributed by atoms with van der Waals surface area (Å²) in [6.07, 6.45) is 4.46. The normalized spacial score (nSPS) is 26.9. The molecule has 3 unspecified atom stereocenters. The monoisotopic (exact) mass is 302 g/mol. The molecule has 1 aromatic carbocycles. The van der Waals surface area contributed by atoms with E-state index < -0.39 is 0 Å². The number of rotatable bonds is 6. The first-order valence-corrected chi connectivity index (χ1v) is 8.34. The molecular weight excluding hydrogens is 272 g/mol. The van der Waals surface area contributed by atoms with E-state index in [9.17, 15) is 5.21 Å². The van der Waals surface area contributed by atoms with Gasteiger partial charge in [-0.15, -0.1) is 0 Å². The topological polar surface area (TPSA) is 26.3 Å². The third kappa shape index (κ3) is 4.67. The van der Waals surface area contributed by atoms with Crippen LogP contribution in [0.25, 0.3) is 0 Å². The van der Waals surface area contributed by atoms with Crippen LogP contribution in [0.3, 0.4) is 0 Å². The van der Waals surface area contributed by atoms with Crippen molar-refractivity contribution < 1.29 is 4.65 Å². The smallest absolute Gasteiger partial charge is 0.135 e. The summed E-state index contributed by atoms with van der Waals surface area (Å²) in [7, 11) is 1.84. The van der Waals surface area contributed by atoms with Gasteiger partial charge in [0.25, 0.3) is 0 Å². The van der Waals surface area contributed by atoms with Gasteiger partial charge in [0, 0.05) is 12.5 Å². The number of likely N-dealkylation sites (N-methyl/N-ethyl adjacent to an activating group) is 1. The molecule has 0 bridgehead atoms. The first kappa shape index (κ1) is 17.2. The SMILES string of the molecule is CC(C)=CCCC(C)C1CN(Cc2ccccc2)C[N+]1(C)[O-]. The van der Waals surface area contributed by atoms with Crippen LogP contribution in [0.15, 0.2) is 42.0 Å². The van der Waals surface area contributed by atoms with Crippen molar-refractivity contribution >= 4 is 0 Å². The summed E-state index contributed by atoms with van der Waals surface area (Å²) < 4.78 is -0.122. The van der Waals surface area contributed by atoms with Crippen LogP contribution >= 0.6 is 0 Å². The van der Waals surface area contributed by atoms with E-state index in [1.54, 1.807) is 0 Å². The molecule has 122 valence electrons. The Morgan fingerprint density at radius 3 is 2.68 bits per heavy atom. The molecular formula is C19H30N2O. The molecule has 1 heterocycles. The van der Waals surface area contributed by atoms with Crippen molar-refractivity contribution in [2.75, 3.05) is 20.3 Å². The lowest BCUT2D eigenvalue weighted by molar-refractivity contribution is -0.880. The molecule has 1 fully saturated rings. The molecule has 0 aliphatic carbocycles. The Hall–Kier alpha value is -1.16. The Morgan fingerprint density at radius 2 is 2.05 bits per heavy atom. The molecule has 22 heavy (non-hydrogen) atoms. The maximum absolute atomic E-state index is 12.9. The van der Waals surface area contributed by atoms with Gasteiger partial charge in [0.05, 0.1) is 13.6 Å². The van der Waals surface area contributed by atoms with Crippen molar-refractivity contribution in [3.05, 3.63) is 52.8 Å². The number of quaternary nitrogens is 1. The predicted molar refractivity (Wildman–Crippen MR) is 92.9 cm³/mol. The molecule has 0 N–H and O–H groups in total. The highest BCUT2D eigenvalue weighted by Crippen LogP contribution is 2.29. The summed E-state index contributed by atoms with van der Waals surface area (Å²) in [5.41, 5.74) is 2.66. The van der Waals surface area contributed by atoms with E-state index in [0.717, 1.165) is 25.9 Å². The second-order valence-corrected chi connectivity index (χ2v) is 7.22. The summed E-state index contributed by atoms with van der Waals surface area (Å²) >= 11 is 0. The van der Waals surface area contributed by atoms with Gasteiger partial charge in [-0.25, -0.2) is 4.90 Å². The number of nitrogens with zero attached hydrogens (tertiary/aromatic N) is 2. The minimum Gasteiger partial charge on any atom is -0.632 e. The zero-order valence-electron chi connectivity index (χ0n) is 14.5. The van der Waals surface area contributed by atoms with Crippen LogP contribution < -0.4 is 0 Å². The van der Waals surface area contributed by atoms with Gasteiger partial charge >= 0.3 is 0 Å². The average molecular weight is 302 g/mol. The van der Waals surface area contributed by atoms with Crippen LogP contribution in [-0.2, 0) is 6.54 Å². The Balaban J connectivity index is 1.93. The molecule has 1 aliphatic heterocycles. The highest BCUT2D eigenvalue weighted by Gasteiger charge is 2.39. The lowest BCUT2D eigenvalue weighted by Gasteiger charge is -2.42. The second-order valence-electron chi connectivity index (χ2n) is 7.22. The molecule has 0 saturated carbocycles. The highest BCUT2D eigenvalue weighted by molar-refractivity contribution is 5.14. The van der Waals surface area contributed by atoms with Gasteiger partial charge in [-0.2, -0.15) is 0 Å². The van der Waals surface area contributed by atoms with Crippen LogP contribution in [0.5, 0.6) is 0 Å². The van der Waals surface area contributed by atoms with Crippen molar-refractivity contribution in [2.45, 2.75) is 46.2 Å². The van der Waals surface area contributed by atoms with Crippen molar-refractivity contribution in [2.24, 2.45) is 5.92 Å². The molecule has 2 rings (SSSR count). The van der Waals surface area contributed by atoms with E-state index in [4.69, 9.17) is 0 Å². The van der Waals surface area contributed by atoms with E-state index in [1.165, 1.54) is 11.1 Å². The highest BCUT2D eigenvalue weighted by atomic mass is 16.6. The first-order chi connectivity index (χ1) is 10.4. The molecule has 1 aliphatic rings. The Kier molecular flexibility index (Phi) is 5.79. The zero-order chi connectivity index (χ0) is 16.2. The van der Waals surface area contributed by atoms with E-state index in [0.29, 0.717) is 12.6 Å². The standard InChI is InChI=1S/C19H30N2O/c1-16(2)9-8-10-17(3)19-14-20(15-21(19,4)22)13-18-11-6-5-7-12-18/h5-7,9,11-12,17,19H,8,10,13-15H2,1-4H3. The van der Waals surface area contributed by atoms with E-state index >= 15 is 0 Å². The van der Waals surface area contributed by atoms with E-state index in [2.05, 4.69) is 56.0 Å². The van der Waals surface area contributed by atoms with Crippen molar-refractivity contribution in [1.82, 2.24) is 4.90 Å². The molecule has 1 aromatic rings.